The maximum atomic E-state index is 12.2. The van der Waals surface area contributed by atoms with E-state index < -0.39 is 11.7 Å². The molecule has 0 aromatic rings. The molecule has 0 aromatic carbocycles. The van der Waals surface area contributed by atoms with Gasteiger partial charge < -0.3 is 20.5 Å². The van der Waals surface area contributed by atoms with Crippen LogP contribution in [0.5, 0.6) is 0 Å². The minimum atomic E-state index is -0.511. The Morgan fingerprint density at radius 2 is 1.91 bits per heavy atom. The third-order valence-corrected chi connectivity index (χ3v) is 3.79. The van der Waals surface area contributed by atoms with Gasteiger partial charge in [0.05, 0.1) is 0 Å². The van der Waals surface area contributed by atoms with Crippen molar-refractivity contribution < 1.29 is 19.4 Å². The second-order valence-corrected chi connectivity index (χ2v) is 6.90. The number of ether oxygens (including phenoxy) is 1. The van der Waals surface area contributed by atoms with E-state index in [0.717, 1.165) is 25.7 Å². The Balaban J connectivity index is 2.33. The molecule has 0 bridgehead atoms. The molecule has 1 aliphatic rings. The van der Waals surface area contributed by atoms with E-state index in [1.165, 1.54) is 0 Å². The van der Waals surface area contributed by atoms with Crippen molar-refractivity contribution >= 4 is 12.0 Å². The summed E-state index contributed by atoms with van der Waals surface area (Å²) in [5.41, 5.74) is -0.511. The number of rotatable bonds is 7. The van der Waals surface area contributed by atoms with E-state index in [0.29, 0.717) is 19.5 Å². The Bertz CT molecular complexity index is 366. The van der Waals surface area contributed by atoms with Crippen LogP contribution in [-0.2, 0) is 9.53 Å². The highest BCUT2D eigenvalue weighted by molar-refractivity contribution is 5.79. The number of carbonyl (C=O) groups is 2. The lowest BCUT2D eigenvalue weighted by Crippen LogP contribution is -2.39. The molecule has 1 fully saturated rings. The highest BCUT2D eigenvalue weighted by Gasteiger charge is 2.33. The zero-order chi connectivity index (χ0) is 16.6. The highest BCUT2D eigenvalue weighted by Crippen LogP contribution is 2.31. The van der Waals surface area contributed by atoms with Gasteiger partial charge >= 0.3 is 6.09 Å². The second kappa shape index (κ2) is 8.98. The third-order valence-electron chi connectivity index (χ3n) is 3.79. The van der Waals surface area contributed by atoms with Gasteiger partial charge in [-0.15, -0.1) is 0 Å². The number of aliphatic hydroxyl groups excluding tert-OH is 1. The van der Waals surface area contributed by atoms with Crippen LogP contribution in [0, 0.1) is 11.8 Å². The third kappa shape index (κ3) is 7.11. The molecular weight excluding hydrogens is 284 g/mol. The van der Waals surface area contributed by atoms with Crippen LogP contribution >= 0.6 is 0 Å². The molecule has 2 atom stereocenters. The number of nitrogens with one attached hydrogen (secondary N) is 2. The fraction of sp³-hybridized carbons (Fsp3) is 0.875. The summed E-state index contributed by atoms with van der Waals surface area (Å²) in [5.74, 6) is 0.195. The van der Waals surface area contributed by atoms with Gasteiger partial charge in [0.15, 0.2) is 0 Å². The van der Waals surface area contributed by atoms with Crippen LogP contribution in [0.4, 0.5) is 4.79 Å². The standard InChI is InChI=1S/C16H30N2O4/c1-16(2,3)22-15(21)18-11-12-7-6-8-13(12)14(20)17-9-4-5-10-19/h12-13,19H,4-11H2,1-3H3,(H,17,20)(H,18,21). The number of hydrogen-bond donors (Lipinski definition) is 3. The molecule has 6 nitrogen and oxygen atoms in total. The Kier molecular flexibility index (Phi) is 7.65. The summed E-state index contributed by atoms with van der Waals surface area (Å²) in [5, 5.41) is 14.4. The van der Waals surface area contributed by atoms with E-state index in [9.17, 15) is 9.59 Å². The maximum absolute atomic E-state index is 12.2. The van der Waals surface area contributed by atoms with E-state index in [1.807, 2.05) is 20.8 Å². The van der Waals surface area contributed by atoms with Gasteiger partial charge in [0.2, 0.25) is 5.91 Å². The van der Waals surface area contributed by atoms with Crippen LogP contribution in [0.1, 0.15) is 52.9 Å². The molecule has 6 heteroatoms. The molecule has 2 unspecified atom stereocenters. The van der Waals surface area contributed by atoms with Gasteiger partial charge in [-0.05, 0) is 52.4 Å². The SMILES string of the molecule is CC(C)(C)OC(=O)NCC1CCCC1C(=O)NCCCCO. The number of amides is 2. The Hall–Kier alpha value is -1.30. The molecule has 0 spiro atoms. The normalized spacial score (nSPS) is 21.5. The Morgan fingerprint density at radius 3 is 2.55 bits per heavy atom. The van der Waals surface area contributed by atoms with Gasteiger partial charge in [-0.3, -0.25) is 4.79 Å². The quantitative estimate of drug-likeness (QED) is 0.625. The predicted octanol–water partition coefficient (Wildman–Crippen LogP) is 1.82. The van der Waals surface area contributed by atoms with Crippen molar-refractivity contribution in [2.75, 3.05) is 19.7 Å². The van der Waals surface area contributed by atoms with E-state index in [1.54, 1.807) is 0 Å². The Labute approximate surface area is 133 Å². The number of carbonyl (C=O) groups excluding carboxylic acids is 2. The lowest BCUT2D eigenvalue weighted by atomic mass is 9.95. The molecule has 2 amide bonds. The fourth-order valence-corrected chi connectivity index (χ4v) is 2.73. The Morgan fingerprint density at radius 1 is 1.18 bits per heavy atom. The zero-order valence-corrected chi connectivity index (χ0v) is 14.0. The van der Waals surface area contributed by atoms with Gasteiger partial charge in [0.25, 0.3) is 0 Å². The van der Waals surface area contributed by atoms with Crippen LogP contribution < -0.4 is 10.6 Å². The van der Waals surface area contributed by atoms with Gasteiger partial charge in [-0.25, -0.2) is 4.79 Å². The average molecular weight is 314 g/mol. The van der Waals surface area contributed by atoms with Gasteiger partial charge in [-0.2, -0.15) is 0 Å². The monoisotopic (exact) mass is 314 g/mol. The lowest BCUT2D eigenvalue weighted by molar-refractivity contribution is -0.126. The molecule has 1 saturated carbocycles. The zero-order valence-electron chi connectivity index (χ0n) is 14.0. The van der Waals surface area contributed by atoms with Crippen LogP contribution in [0.15, 0.2) is 0 Å². The first-order valence-corrected chi connectivity index (χ1v) is 8.19. The van der Waals surface area contributed by atoms with Crippen molar-refractivity contribution in [1.82, 2.24) is 10.6 Å². The second-order valence-electron chi connectivity index (χ2n) is 6.90. The fourth-order valence-electron chi connectivity index (χ4n) is 2.73. The first-order chi connectivity index (χ1) is 10.3. The number of alkyl carbamates (subject to hydrolysis) is 1. The van der Waals surface area contributed by atoms with Gasteiger partial charge in [-0.1, -0.05) is 6.42 Å². The molecule has 3 N–H and O–H groups in total. The summed E-state index contributed by atoms with van der Waals surface area (Å²) in [7, 11) is 0. The van der Waals surface area contributed by atoms with E-state index >= 15 is 0 Å². The molecule has 0 radical (unpaired) electrons. The van der Waals surface area contributed by atoms with Crippen LogP contribution in [0.25, 0.3) is 0 Å². The van der Waals surface area contributed by atoms with Crippen molar-refractivity contribution in [3.8, 4) is 0 Å². The largest absolute Gasteiger partial charge is 0.444 e. The van der Waals surface area contributed by atoms with Crippen LogP contribution in [0.3, 0.4) is 0 Å². The molecule has 0 aliphatic heterocycles. The van der Waals surface area contributed by atoms with Crippen molar-refractivity contribution in [2.24, 2.45) is 11.8 Å². The molecule has 1 aliphatic carbocycles. The molecule has 0 aromatic heterocycles. The number of unbranched alkanes of at least 4 members (excludes halogenated alkanes) is 1. The van der Waals surface area contributed by atoms with E-state index in [2.05, 4.69) is 10.6 Å². The highest BCUT2D eigenvalue weighted by atomic mass is 16.6. The maximum Gasteiger partial charge on any atom is 0.407 e. The van der Waals surface area contributed by atoms with Crippen LogP contribution in [-0.4, -0.2) is 42.4 Å². The van der Waals surface area contributed by atoms with Crippen molar-refractivity contribution in [1.29, 1.82) is 0 Å². The average Bonchev–Trinajstić information content (AvgIpc) is 2.87. The molecule has 0 heterocycles. The van der Waals surface area contributed by atoms with Crippen molar-refractivity contribution in [3.05, 3.63) is 0 Å². The first kappa shape index (κ1) is 18.7. The summed E-state index contributed by atoms with van der Waals surface area (Å²) in [6.07, 6.45) is 3.89. The molecule has 1 rings (SSSR count). The predicted molar refractivity (Wildman–Crippen MR) is 84.4 cm³/mol. The van der Waals surface area contributed by atoms with E-state index in [4.69, 9.17) is 9.84 Å². The minimum absolute atomic E-state index is 0.0379. The summed E-state index contributed by atoms with van der Waals surface area (Å²) >= 11 is 0. The molecule has 22 heavy (non-hydrogen) atoms. The summed E-state index contributed by atoms with van der Waals surface area (Å²) < 4.78 is 5.21. The number of aliphatic hydroxyl groups is 1. The molecule has 128 valence electrons. The minimum Gasteiger partial charge on any atom is -0.444 e. The first-order valence-electron chi connectivity index (χ1n) is 8.19. The summed E-state index contributed by atoms with van der Waals surface area (Å²) in [4.78, 5) is 23.9. The number of hydrogen-bond acceptors (Lipinski definition) is 4. The molecular formula is C16H30N2O4. The molecule has 0 saturated heterocycles. The van der Waals surface area contributed by atoms with Crippen molar-refractivity contribution in [3.63, 3.8) is 0 Å². The lowest BCUT2D eigenvalue weighted by Gasteiger charge is -2.22. The topological polar surface area (TPSA) is 87.7 Å². The van der Waals surface area contributed by atoms with Gasteiger partial charge in [0, 0.05) is 25.6 Å². The summed E-state index contributed by atoms with van der Waals surface area (Å²) in [6.45, 7) is 6.70. The van der Waals surface area contributed by atoms with Crippen LogP contribution in [0.2, 0.25) is 0 Å². The van der Waals surface area contributed by atoms with E-state index in [-0.39, 0.29) is 24.3 Å². The summed E-state index contributed by atoms with van der Waals surface area (Å²) in [6, 6.07) is 0. The van der Waals surface area contributed by atoms with Crippen molar-refractivity contribution in [2.45, 2.75) is 58.5 Å². The van der Waals surface area contributed by atoms with Gasteiger partial charge in [0.1, 0.15) is 5.60 Å². The smallest absolute Gasteiger partial charge is 0.407 e.